The molecule has 6 nitrogen and oxygen atoms in total. The average Bonchev–Trinajstić information content (AvgIpc) is 2.29. The SMILES string of the molecule is CC(C)C[C@@H](Nc1ncc(C(N)=O)cc1Cl)C(=O)O. The average molecular weight is 286 g/mol. The zero-order valence-corrected chi connectivity index (χ0v) is 11.4. The predicted molar refractivity (Wildman–Crippen MR) is 72.3 cm³/mol. The maximum Gasteiger partial charge on any atom is 0.326 e. The maximum atomic E-state index is 11.1. The largest absolute Gasteiger partial charge is 0.480 e. The molecule has 1 rings (SSSR count). The second-order valence-corrected chi connectivity index (χ2v) is 4.99. The van der Waals surface area contributed by atoms with E-state index in [0.29, 0.717) is 6.42 Å². The van der Waals surface area contributed by atoms with Gasteiger partial charge in [-0.2, -0.15) is 0 Å². The van der Waals surface area contributed by atoms with Crippen LogP contribution in [0.25, 0.3) is 0 Å². The molecule has 0 aromatic carbocycles. The van der Waals surface area contributed by atoms with Gasteiger partial charge in [-0.15, -0.1) is 0 Å². The van der Waals surface area contributed by atoms with Gasteiger partial charge in [0, 0.05) is 6.20 Å². The first-order valence-electron chi connectivity index (χ1n) is 5.76. The van der Waals surface area contributed by atoms with Crippen LogP contribution in [0.5, 0.6) is 0 Å². The van der Waals surface area contributed by atoms with Crippen molar-refractivity contribution in [2.24, 2.45) is 11.7 Å². The van der Waals surface area contributed by atoms with E-state index >= 15 is 0 Å². The number of aliphatic carboxylic acids is 1. The third-order valence-electron chi connectivity index (χ3n) is 2.44. The van der Waals surface area contributed by atoms with E-state index in [1.54, 1.807) is 0 Å². The number of rotatable bonds is 6. The zero-order valence-electron chi connectivity index (χ0n) is 10.7. The van der Waals surface area contributed by atoms with Crippen molar-refractivity contribution < 1.29 is 14.7 Å². The number of aromatic nitrogens is 1. The van der Waals surface area contributed by atoms with Crippen LogP contribution in [-0.4, -0.2) is 28.0 Å². The predicted octanol–water partition coefficient (Wildman–Crippen LogP) is 1.75. The number of amides is 1. The van der Waals surface area contributed by atoms with Gasteiger partial charge in [-0.3, -0.25) is 4.79 Å². The molecule has 1 heterocycles. The number of carbonyl (C=O) groups excluding carboxylic acids is 1. The first-order chi connectivity index (χ1) is 8.81. The zero-order chi connectivity index (χ0) is 14.6. The highest BCUT2D eigenvalue weighted by atomic mass is 35.5. The summed E-state index contributed by atoms with van der Waals surface area (Å²) in [6.45, 7) is 3.84. The second kappa shape index (κ2) is 6.38. The minimum atomic E-state index is -0.981. The number of carbonyl (C=O) groups is 2. The molecular formula is C12H16ClN3O3. The number of primary amides is 1. The molecule has 0 aliphatic heterocycles. The highest BCUT2D eigenvalue weighted by Crippen LogP contribution is 2.22. The Hall–Kier alpha value is -1.82. The molecule has 0 unspecified atom stereocenters. The van der Waals surface area contributed by atoms with Crippen molar-refractivity contribution in [3.05, 3.63) is 22.8 Å². The molecule has 0 bridgehead atoms. The molecular weight excluding hydrogens is 270 g/mol. The first-order valence-corrected chi connectivity index (χ1v) is 6.13. The van der Waals surface area contributed by atoms with Gasteiger partial charge in [-0.1, -0.05) is 25.4 Å². The fraction of sp³-hybridized carbons (Fsp3) is 0.417. The summed E-state index contributed by atoms with van der Waals surface area (Å²) < 4.78 is 0. The number of hydrogen-bond donors (Lipinski definition) is 3. The summed E-state index contributed by atoms with van der Waals surface area (Å²) in [6, 6.07) is 0.567. The van der Waals surface area contributed by atoms with Gasteiger partial charge < -0.3 is 16.2 Å². The van der Waals surface area contributed by atoms with E-state index in [1.807, 2.05) is 13.8 Å². The normalized spacial score (nSPS) is 12.2. The number of nitrogens with one attached hydrogen (secondary N) is 1. The smallest absolute Gasteiger partial charge is 0.326 e. The molecule has 1 aromatic rings. The monoisotopic (exact) mass is 285 g/mol. The van der Waals surface area contributed by atoms with Gasteiger partial charge in [0.1, 0.15) is 11.9 Å². The summed E-state index contributed by atoms with van der Waals surface area (Å²) >= 11 is 5.93. The van der Waals surface area contributed by atoms with Crippen LogP contribution >= 0.6 is 11.6 Å². The Labute approximate surface area is 116 Å². The summed E-state index contributed by atoms with van der Waals surface area (Å²) in [5, 5.41) is 12.0. The molecule has 0 aliphatic carbocycles. The molecule has 0 saturated carbocycles. The lowest BCUT2D eigenvalue weighted by atomic mass is 10.0. The Morgan fingerprint density at radius 3 is 2.58 bits per heavy atom. The molecule has 1 amide bonds. The lowest BCUT2D eigenvalue weighted by Crippen LogP contribution is -2.31. The van der Waals surface area contributed by atoms with Crippen molar-refractivity contribution in [1.82, 2.24) is 4.98 Å². The van der Waals surface area contributed by atoms with Crippen molar-refractivity contribution in [2.75, 3.05) is 5.32 Å². The lowest BCUT2D eigenvalue weighted by molar-refractivity contribution is -0.138. The van der Waals surface area contributed by atoms with Gasteiger partial charge in [0.2, 0.25) is 5.91 Å². The van der Waals surface area contributed by atoms with Crippen molar-refractivity contribution >= 4 is 29.3 Å². The Morgan fingerprint density at radius 2 is 2.16 bits per heavy atom. The van der Waals surface area contributed by atoms with Crippen molar-refractivity contribution in [3.8, 4) is 0 Å². The molecule has 7 heteroatoms. The molecule has 0 fully saturated rings. The van der Waals surface area contributed by atoms with Crippen LogP contribution in [0, 0.1) is 5.92 Å². The van der Waals surface area contributed by atoms with Gasteiger partial charge in [0.15, 0.2) is 0 Å². The van der Waals surface area contributed by atoms with Crippen molar-refractivity contribution in [3.63, 3.8) is 0 Å². The minimum absolute atomic E-state index is 0.159. The topological polar surface area (TPSA) is 105 Å². The molecule has 0 aliphatic rings. The number of halogens is 1. The highest BCUT2D eigenvalue weighted by Gasteiger charge is 2.20. The van der Waals surface area contributed by atoms with Crippen LogP contribution in [0.1, 0.15) is 30.6 Å². The Morgan fingerprint density at radius 1 is 1.53 bits per heavy atom. The van der Waals surface area contributed by atoms with E-state index in [2.05, 4.69) is 10.3 Å². The van der Waals surface area contributed by atoms with Crippen LogP contribution in [0.15, 0.2) is 12.3 Å². The highest BCUT2D eigenvalue weighted by molar-refractivity contribution is 6.33. The molecule has 104 valence electrons. The summed E-state index contributed by atoms with van der Waals surface area (Å²) in [7, 11) is 0. The molecule has 0 saturated heterocycles. The fourth-order valence-corrected chi connectivity index (χ4v) is 1.76. The Kier molecular flexibility index (Phi) is 5.11. The van der Waals surface area contributed by atoms with E-state index in [-0.39, 0.29) is 22.3 Å². The van der Waals surface area contributed by atoms with Crippen LogP contribution in [-0.2, 0) is 4.79 Å². The van der Waals surface area contributed by atoms with Crippen LogP contribution in [0.2, 0.25) is 5.02 Å². The quantitative estimate of drug-likeness (QED) is 0.738. The van der Waals surface area contributed by atoms with Crippen molar-refractivity contribution in [2.45, 2.75) is 26.3 Å². The van der Waals surface area contributed by atoms with Gasteiger partial charge in [-0.25, -0.2) is 9.78 Å². The summed E-state index contributed by atoms with van der Waals surface area (Å²) in [5.41, 5.74) is 5.27. The minimum Gasteiger partial charge on any atom is -0.480 e. The Bertz CT molecular complexity index is 491. The number of anilines is 1. The van der Waals surface area contributed by atoms with Gasteiger partial charge in [-0.05, 0) is 18.4 Å². The molecule has 0 radical (unpaired) electrons. The lowest BCUT2D eigenvalue weighted by Gasteiger charge is -2.17. The van der Waals surface area contributed by atoms with Crippen LogP contribution < -0.4 is 11.1 Å². The third kappa shape index (κ3) is 4.40. The second-order valence-electron chi connectivity index (χ2n) is 4.58. The number of nitrogens with zero attached hydrogens (tertiary/aromatic N) is 1. The van der Waals surface area contributed by atoms with Gasteiger partial charge in [0.05, 0.1) is 10.6 Å². The summed E-state index contributed by atoms with van der Waals surface area (Å²) in [4.78, 5) is 26.0. The molecule has 4 N–H and O–H groups in total. The Balaban J connectivity index is 2.91. The van der Waals surface area contributed by atoms with Gasteiger partial charge >= 0.3 is 5.97 Å². The first kappa shape index (κ1) is 15.2. The number of hydrogen-bond acceptors (Lipinski definition) is 4. The van der Waals surface area contributed by atoms with Crippen molar-refractivity contribution in [1.29, 1.82) is 0 Å². The summed E-state index contributed by atoms with van der Waals surface area (Å²) in [5.74, 6) is -1.19. The van der Waals surface area contributed by atoms with Gasteiger partial charge in [0.25, 0.3) is 0 Å². The molecule has 1 atom stereocenters. The van der Waals surface area contributed by atoms with E-state index in [1.165, 1.54) is 12.3 Å². The van der Waals surface area contributed by atoms with E-state index in [9.17, 15) is 9.59 Å². The maximum absolute atomic E-state index is 11.1. The third-order valence-corrected chi connectivity index (χ3v) is 2.73. The summed E-state index contributed by atoms with van der Waals surface area (Å²) in [6.07, 6.45) is 1.69. The number of carboxylic acid groups (broad SMARTS) is 1. The molecule has 1 aromatic heterocycles. The van der Waals surface area contributed by atoms with E-state index in [0.717, 1.165) is 0 Å². The number of carboxylic acids is 1. The van der Waals surface area contributed by atoms with Crippen LogP contribution in [0.3, 0.4) is 0 Å². The standard InChI is InChI=1S/C12H16ClN3O3/c1-6(2)3-9(12(18)19)16-11-8(13)4-7(5-15-11)10(14)17/h4-6,9H,3H2,1-2H3,(H2,14,17)(H,15,16)(H,18,19)/t9-/m1/s1. The van der Waals surface area contributed by atoms with E-state index < -0.39 is 17.9 Å². The molecule has 0 spiro atoms. The number of nitrogens with two attached hydrogens (primary N) is 1. The number of pyridine rings is 1. The fourth-order valence-electron chi connectivity index (χ4n) is 1.54. The van der Waals surface area contributed by atoms with E-state index in [4.69, 9.17) is 22.4 Å². The van der Waals surface area contributed by atoms with Crippen LogP contribution in [0.4, 0.5) is 5.82 Å². The molecule has 19 heavy (non-hydrogen) atoms.